The molecule has 98 valence electrons. The maximum absolute atomic E-state index is 3.36. The van der Waals surface area contributed by atoms with Crippen molar-refractivity contribution in [3.05, 3.63) is 38.0 Å². The molecule has 0 nitrogen and oxygen atoms in total. The van der Waals surface area contributed by atoms with Gasteiger partial charge in [0.15, 0.2) is 0 Å². The van der Waals surface area contributed by atoms with Crippen LogP contribution in [-0.2, 0) is 0 Å². The molecule has 0 aromatic heterocycles. The smallest absolute Gasteiger partial charge is 0.0348 e. The van der Waals surface area contributed by atoms with Crippen molar-refractivity contribution < 1.29 is 0 Å². The van der Waals surface area contributed by atoms with Gasteiger partial charge in [0, 0.05) is 0 Å². The van der Waals surface area contributed by atoms with Gasteiger partial charge in [0.1, 0.15) is 0 Å². The first-order valence-electron chi connectivity index (χ1n) is 6.41. The highest BCUT2D eigenvalue weighted by Crippen LogP contribution is 2.08. The summed E-state index contributed by atoms with van der Waals surface area (Å²) in [5.41, 5.74) is 0. The van der Waals surface area contributed by atoms with E-state index >= 15 is 0 Å². The van der Waals surface area contributed by atoms with Gasteiger partial charge < -0.3 is 0 Å². The second kappa shape index (κ2) is 36.8. The Labute approximate surface area is 105 Å². The molecule has 0 spiro atoms. The molecule has 1 unspecified atom stereocenters. The van der Waals surface area contributed by atoms with E-state index in [-0.39, 0.29) is 0 Å². The van der Waals surface area contributed by atoms with Gasteiger partial charge in [0.25, 0.3) is 0 Å². The Morgan fingerprint density at radius 1 is 1.12 bits per heavy atom. The van der Waals surface area contributed by atoms with E-state index in [1.807, 2.05) is 20.8 Å². The lowest BCUT2D eigenvalue weighted by Gasteiger charge is -2.03. The standard InChI is InChI=1S/C9H18.C3H6.C2H6.C2H4/c1-4-6-7-8-9(3)5-2;1-3-2;2*1-2/h4,6,9H,5,7-8H2,1-3H3;3H,1H2,2H3;1-2H3;1-2H2/b6-4+;;;. The van der Waals surface area contributed by atoms with Crippen molar-refractivity contribution in [3.63, 3.8) is 0 Å². The molecule has 0 aliphatic carbocycles. The summed E-state index contributed by atoms with van der Waals surface area (Å²) < 4.78 is 0. The first-order valence-corrected chi connectivity index (χ1v) is 6.41. The van der Waals surface area contributed by atoms with Crippen molar-refractivity contribution in [2.45, 2.75) is 60.8 Å². The second-order valence-corrected chi connectivity index (χ2v) is 3.07. The number of rotatable bonds is 4. The first-order chi connectivity index (χ1) is 7.72. The molecule has 0 N–H and O–H groups in total. The summed E-state index contributed by atoms with van der Waals surface area (Å²) in [6.45, 7) is 21.9. The third-order valence-corrected chi connectivity index (χ3v) is 1.76. The van der Waals surface area contributed by atoms with Crippen LogP contribution in [0.5, 0.6) is 0 Å². The van der Waals surface area contributed by atoms with Crippen LogP contribution in [0.1, 0.15) is 60.8 Å². The maximum Gasteiger partial charge on any atom is -0.0348 e. The van der Waals surface area contributed by atoms with Crippen LogP contribution in [0.15, 0.2) is 38.0 Å². The van der Waals surface area contributed by atoms with Crippen LogP contribution in [0.2, 0.25) is 0 Å². The minimum absolute atomic E-state index is 0.904. The monoisotopic (exact) mass is 226 g/mol. The normalized spacial score (nSPS) is 9.62. The fourth-order valence-corrected chi connectivity index (χ4v) is 0.752. The maximum atomic E-state index is 3.36. The third kappa shape index (κ3) is 51.0. The van der Waals surface area contributed by atoms with Crippen molar-refractivity contribution in [2.24, 2.45) is 5.92 Å². The predicted octanol–water partition coefficient (Wildman–Crippen LogP) is 6.41. The summed E-state index contributed by atoms with van der Waals surface area (Å²) in [6, 6.07) is 0. The quantitative estimate of drug-likeness (QED) is 0.486. The summed E-state index contributed by atoms with van der Waals surface area (Å²) in [6.07, 6.45) is 10.0. The molecule has 0 heteroatoms. The lowest BCUT2D eigenvalue weighted by molar-refractivity contribution is 0.521. The van der Waals surface area contributed by atoms with Gasteiger partial charge in [0.05, 0.1) is 0 Å². The molecule has 0 saturated carbocycles. The van der Waals surface area contributed by atoms with E-state index in [4.69, 9.17) is 0 Å². The summed E-state index contributed by atoms with van der Waals surface area (Å²) in [5.74, 6) is 0.904. The van der Waals surface area contributed by atoms with E-state index in [0.29, 0.717) is 0 Å². The molecule has 0 amide bonds. The van der Waals surface area contributed by atoms with Crippen LogP contribution >= 0.6 is 0 Å². The van der Waals surface area contributed by atoms with E-state index in [9.17, 15) is 0 Å². The SMILES string of the molecule is C/C=C/CCC(C)CC.C=C.C=CC.CC. The molecule has 0 aromatic rings. The fourth-order valence-electron chi connectivity index (χ4n) is 0.752. The van der Waals surface area contributed by atoms with Gasteiger partial charge in [0.2, 0.25) is 0 Å². The van der Waals surface area contributed by atoms with Crippen LogP contribution in [0.25, 0.3) is 0 Å². The molecule has 1 atom stereocenters. The topological polar surface area (TPSA) is 0 Å². The van der Waals surface area contributed by atoms with Crippen LogP contribution in [0, 0.1) is 5.92 Å². The summed E-state index contributed by atoms with van der Waals surface area (Å²) in [4.78, 5) is 0. The molecule has 0 heterocycles. The van der Waals surface area contributed by atoms with Crippen molar-refractivity contribution in [3.8, 4) is 0 Å². The molecular weight excluding hydrogens is 192 g/mol. The first kappa shape index (κ1) is 24.4. The molecule has 0 aliphatic rings. The molecule has 0 fully saturated rings. The zero-order valence-corrected chi connectivity index (χ0v) is 12.6. The second-order valence-electron chi connectivity index (χ2n) is 3.07. The van der Waals surface area contributed by atoms with Crippen molar-refractivity contribution in [2.75, 3.05) is 0 Å². The van der Waals surface area contributed by atoms with E-state index in [1.165, 1.54) is 19.3 Å². The Balaban J connectivity index is -0.0000000864. The zero-order valence-electron chi connectivity index (χ0n) is 12.6. The van der Waals surface area contributed by atoms with Crippen molar-refractivity contribution in [1.29, 1.82) is 0 Å². The molecule has 0 radical (unpaired) electrons. The van der Waals surface area contributed by atoms with Crippen LogP contribution < -0.4 is 0 Å². The largest absolute Gasteiger partial charge is 0.106 e. The van der Waals surface area contributed by atoms with Crippen LogP contribution in [0.3, 0.4) is 0 Å². The van der Waals surface area contributed by atoms with Crippen molar-refractivity contribution >= 4 is 0 Å². The highest BCUT2D eigenvalue weighted by atomic mass is 14.0. The van der Waals surface area contributed by atoms with Crippen LogP contribution in [0.4, 0.5) is 0 Å². The van der Waals surface area contributed by atoms with Gasteiger partial charge >= 0.3 is 0 Å². The number of allylic oxidation sites excluding steroid dienone is 3. The van der Waals surface area contributed by atoms with Gasteiger partial charge in [-0.3, -0.25) is 0 Å². The summed E-state index contributed by atoms with van der Waals surface area (Å²) in [7, 11) is 0. The van der Waals surface area contributed by atoms with E-state index < -0.39 is 0 Å². The third-order valence-electron chi connectivity index (χ3n) is 1.76. The average Bonchev–Trinajstić information content (AvgIpc) is 2.35. The Morgan fingerprint density at radius 2 is 1.50 bits per heavy atom. The highest BCUT2D eigenvalue weighted by Gasteiger charge is 1.93. The van der Waals surface area contributed by atoms with Gasteiger partial charge in [-0.2, -0.15) is 0 Å². The Hall–Kier alpha value is -0.780. The minimum atomic E-state index is 0.904. The number of hydrogen-bond donors (Lipinski definition) is 0. The lowest BCUT2D eigenvalue weighted by Crippen LogP contribution is -1.89. The van der Waals surface area contributed by atoms with E-state index in [1.54, 1.807) is 6.08 Å². The van der Waals surface area contributed by atoms with Gasteiger partial charge in [-0.05, 0) is 32.6 Å². The summed E-state index contributed by atoms with van der Waals surface area (Å²) >= 11 is 0. The molecule has 0 saturated heterocycles. The van der Waals surface area contributed by atoms with Gasteiger partial charge in [-0.25, -0.2) is 0 Å². The molecule has 0 bridgehead atoms. The van der Waals surface area contributed by atoms with E-state index in [0.717, 1.165) is 5.92 Å². The molecule has 0 aliphatic heterocycles. The van der Waals surface area contributed by atoms with E-state index in [2.05, 4.69) is 52.7 Å². The van der Waals surface area contributed by atoms with Gasteiger partial charge in [-0.1, -0.05) is 52.3 Å². The average molecular weight is 226 g/mol. The Kier molecular flexibility index (Phi) is 56.2. The van der Waals surface area contributed by atoms with Gasteiger partial charge in [-0.15, -0.1) is 19.7 Å². The number of hydrogen-bond acceptors (Lipinski definition) is 0. The molecule has 16 heavy (non-hydrogen) atoms. The summed E-state index contributed by atoms with van der Waals surface area (Å²) in [5, 5.41) is 0. The molecular formula is C16H34. The zero-order chi connectivity index (χ0) is 13.8. The highest BCUT2D eigenvalue weighted by molar-refractivity contribution is 4.76. The van der Waals surface area contributed by atoms with Crippen LogP contribution in [-0.4, -0.2) is 0 Å². The predicted molar refractivity (Wildman–Crippen MR) is 82.0 cm³/mol. The molecule has 0 aromatic carbocycles. The van der Waals surface area contributed by atoms with Crippen molar-refractivity contribution in [1.82, 2.24) is 0 Å². The Morgan fingerprint density at radius 3 is 1.75 bits per heavy atom. The lowest BCUT2D eigenvalue weighted by atomic mass is 10.0. The minimum Gasteiger partial charge on any atom is -0.106 e. The Bertz CT molecular complexity index is 111. The fraction of sp³-hybridized carbons (Fsp3) is 0.625. The molecule has 0 rings (SSSR count).